The summed E-state index contributed by atoms with van der Waals surface area (Å²) < 4.78 is 0. The van der Waals surface area contributed by atoms with Crippen molar-refractivity contribution in [2.24, 2.45) is 0 Å². The number of carbonyl (C=O) groups is 2. The predicted molar refractivity (Wildman–Crippen MR) is 57.0 cm³/mol. The van der Waals surface area contributed by atoms with Crippen molar-refractivity contribution in [3.05, 3.63) is 35.9 Å². The van der Waals surface area contributed by atoms with Crippen molar-refractivity contribution in [2.75, 3.05) is 0 Å². The molecule has 15 heavy (non-hydrogen) atoms. The van der Waals surface area contributed by atoms with Crippen LogP contribution in [0.4, 0.5) is 0 Å². The summed E-state index contributed by atoms with van der Waals surface area (Å²) in [5, 5.41) is 0. The van der Waals surface area contributed by atoms with Crippen molar-refractivity contribution in [1.82, 2.24) is 10.9 Å². The van der Waals surface area contributed by atoms with Crippen LogP contribution in [0.1, 0.15) is 30.1 Å². The average Bonchev–Trinajstić information content (AvgIpc) is 2.27. The molecule has 0 aliphatic rings. The summed E-state index contributed by atoms with van der Waals surface area (Å²) in [6, 6.07) is 8.72. The SMILES string of the molecule is CCCC(=O)NNC(=O)c1ccccc1. The highest BCUT2D eigenvalue weighted by atomic mass is 16.2. The summed E-state index contributed by atoms with van der Waals surface area (Å²) in [4.78, 5) is 22.5. The Labute approximate surface area is 88.6 Å². The van der Waals surface area contributed by atoms with E-state index in [1.807, 2.05) is 13.0 Å². The minimum absolute atomic E-state index is 0.179. The van der Waals surface area contributed by atoms with E-state index in [9.17, 15) is 9.59 Å². The van der Waals surface area contributed by atoms with Gasteiger partial charge in [-0.2, -0.15) is 0 Å². The number of hydrazine groups is 1. The number of amides is 2. The lowest BCUT2D eigenvalue weighted by Gasteiger charge is -2.06. The molecule has 80 valence electrons. The third-order valence-electron chi connectivity index (χ3n) is 1.83. The second-order valence-corrected chi connectivity index (χ2v) is 3.12. The molecular weight excluding hydrogens is 192 g/mol. The van der Waals surface area contributed by atoms with Gasteiger partial charge in [-0.25, -0.2) is 0 Å². The van der Waals surface area contributed by atoms with Crippen LogP contribution < -0.4 is 10.9 Å². The number of benzene rings is 1. The van der Waals surface area contributed by atoms with Crippen molar-refractivity contribution in [2.45, 2.75) is 19.8 Å². The molecule has 0 saturated heterocycles. The maximum Gasteiger partial charge on any atom is 0.269 e. The van der Waals surface area contributed by atoms with E-state index in [0.717, 1.165) is 6.42 Å². The highest BCUT2D eigenvalue weighted by Crippen LogP contribution is 1.96. The molecule has 0 aliphatic heterocycles. The lowest BCUT2D eigenvalue weighted by molar-refractivity contribution is -0.121. The summed E-state index contributed by atoms with van der Waals surface area (Å²) in [6.45, 7) is 1.90. The zero-order chi connectivity index (χ0) is 11.1. The molecule has 0 atom stereocenters. The molecular formula is C11H14N2O2. The van der Waals surface area contributed by atoms with Crippen LogP contribution in [-0.4, -0.2) is 11.8 Å². The van der Waals surface area contributed by atoms with E-state index < -0.39 is 0 Å². The van der Waals surface area contributed by atoms with Gasteiger partial charge in [0.25, 0.3) is 5.91 Å². The van der Waals surface area contributed by atoms with Crippen molar-refractivity contribution >= 4 is 11.8 Å². The fraction of sp³-hybridized carbons (Fsp3) is 0.273. The van der Waals surface area contributed by atoms with Gasteiger partial charge >= 0.3 is 0 Å². The Balaban J connectivity index is 2.40. The summed E-state index contributed by atoms with van der Waals surface area (Å²) in [5.74, 6) is -0.484. The Morgan fingerprint density at radius 2 is 1.80 bits per heavy atom. The summed E-state index contributed by atoms with van der Waals surface area (Å²) in [5.41, 5.74) is 5.21. The molecule has 0 unspecified atom stereocenters. The lowest BCUT2D eigenvalue weighted by Crippen LogP contribution is -2.41. The van der Waals surface area contributed by atoms with Crippen LogP contribution in [0.25, 0.3) is 0 Å². The van der Waals surface area contributed by atoms with Crippen molar-refractivity contribution in [1.29, 1.82) is 0 Å². The Morgan fingerprint density at radius 1 is 1.13 bits per heavy atom. The van der Waals surface area contributed by atoms with Crippen molar-refractivity contribution < 1.29 is 9.59 Å². The topological polar surface area (TPSA) is 58.2 Å². The Bertz CT molecular complexity index is 336. The number of rotatable bonds is 3. The molecule has 2 amide bonds. The van der Waals surface area contributed by atoms with Crippen LogP contribution in [0, 0.1) is 0 Å². The zero-order valence-corrected chi connectivity index (χ0v) is 8.62. The highest BCUT2D eigenvalue weighted by molar-refractivity contribution is 5.95. The quantitative estimate of drug-likeness (QED) is 0.731. The fourth-order valence-corrected chi connectivity index (χ4v) is 1.08. The first-order valence-electron chi connectivity index (χ1n) is 4.88. The van der Waals surface area contributed by atoms with Crippen LogP contribution in [0.5, 0.6) is 0 Å². The Kier molecular flexibility index (Phi) is 4.34. The maximum atomic E-state index is 11.4. The van der Waals surface area contributed by atoms with E-state index in [4.69, 9.17) is 0 Å². The van der Waals surface area contributed by atoms with E-state index in [0.29, 0.717) is 12.0 Å². The summed E-state index contributed by atoms with van der Waals surface area (Å²) in [7, 11) is 0. The van der Waals surface area contributed by atoms with E-state index in [-0.39, 0.29) is 11.8 Å². The fourth-order valence-electron chi connectivity index (χ4n) is 1.08. The van der Waals surface area contributed by atoms with Gasteiger partial charge in [0, 0.05) is 12.0 Å². The lowest BCUT2D eigenvalue weighted by atomic mass is 10.2. The smallest absolute Gasteiger partial charge is 0.269 e. The average molecular weight is 206 g/mol. The first-order valence-corrected chi connectivity index (χ1v) is 4.88. The number of hydrogen-bond acceptors (Lipinski definition) is 2. The predicted octanol–water partition coefficient (Wildman–Crippen LogP) is 1.25. The minimum Gasteiger partial charge on any atom is -0.273 e. The van der Waals surface area contributed by atoms with Crippen LogP contribution >= 0.6 is 0 Å². The van der Waals surface area contributed by atoms with Gasteiger partial charge in [-0.1, -0.05) is 25.1 Å². The second-order valence-electron chi connectivity index (χ2n) is 3.12. The Hall–Kier alpha value is -1.84. The largest absolute Gasteiger partial charge is 0.273 e. The highest BCUT2D eigenvalue weighted by Gasteiger charge is 2.05. The maximum absolute atomic E-state index is 11.4. The second kappa shape index (κ2) is 5.80. The summed E-state index contributed by atoms with van der Waals surface area (Å²) in [6.07, 6.45) is 1.17. The molecule has 0 saturated carbocycles. The molecule has 1 rings (SSSR count). The number of nitrogens with one attached hydrogen (secondary N) is 2. The molecule has 0 fully saturated rings. The molecule has 0 aromatic heterocycles. The van der Waals surface area contributed by atoms with Gasteiger partial charge in [-0.3, -0.25) is 20.4 Å². The van der Waals surface area contributed by atoms with Gasteiger partial charge in [-0.05, 0) is 18.6 Å². The minimum atomic E-state index is -0.306. The van der Waals surface area contributed by atoms with E-state index in [1.165, 1.54) is 0 Å². The van der Waals surface area contributed by atoms with Crippen LogP contribution in [0.3, 0.4) is 0 Å². The molecule has 0 spiro atoms. The van der Waals surface area contributed by atoms with Crippen LogP contribution in [-0.2, 0) is 4.79 Å². The molecule has 0 bridgehead atoms. The van der Waals surface area contributed by atoms with E-state index in [2.05, 4.69) is 10.9 Å². The zero-order valence-electron chi connectivity index (χ0n) is 8.62. The first-order chi connectivity index (χ1) is 7.24. The molecule has 0 heterocycles. The molecule has 4 nitrogen and oxygen atoms in total. The Morgan fingerprint density at radius 3 is 2.40 bits per heavy atom. The van der Waals surface area contributed by atoms with Gasteiger partial charge in [-0.15, -0.1) is 0 Å². The van der Waals surface area contributed by atoms with Gasteiger partial charge in [0.15, 0.2) is 0 Å². The molecule has 0 radical (unpaired) electrons. The van der Waals surface area contributed by atoms with Crippen molar-refractivity contribution in [3.63, 3.8) is 0 Å². The molecule has 4 heteroatoms. The first kappa shape index (κ1) is 11.2. The van der Waals surface area contributed by atoms with Gasteiger partial charge in [0.2, 0.25) is 5.91 Å². The van der Waals surface area contributed by atoms with Crippen molar-refractivity contribution in [3.8, 4) is 0 Å². The third-order valence-corrected chi connectivity index (χ3v) is 1.83. The van der Waals surface area contributed by atoms with Crippen LogP contribution in [0.2, 0.25) is 0 Å². The van der Waals surface area contributed by atoms with E-state index in [1.54, 1.807) is 24.3 Å². The number of carbonyl (C=O) groups excluding carboxylic acids is 2. The monoisotopic (exact) mass is 206 g/mol. The molecule has 1 aromatic rings. The molecule has 1 aromatic carbocycles. The normalized spacial score (nSPS) is 9.40. The van der Waals surface area contributed by atoms with E-state index >= 15 is 0 Å². The standard InChI is InChI=1S/C11H14N2O2/c1-2-6-10(14)12-13-11(15)9-7-4-3-5-8-9/h3-5,7-8H,2,6H2,1H3,(H,12,14)(H,13,15). The third kappa shape index (κ3) is 3.81. The van der Waals surface area contributed by atoms with Gasteiger partial charge in [0.1, 0.15) is 0 Å². The van der Waals surface area contributed by atoms with Gasteiger partial charge in [0.05, 0.1) is 0 Å². The van der Waals surface area contributed by atoms with Gasteiger partial charge < -0.3 is 0 Å². The number of hydrogen-bond donors (Lipinski definition) is 2. The van der Waals surface area contributed by atoms with Crippen LogP contribution in [0.15, 0.2) is 30.3 Å². The molecule has 2 N–H and O–H groups in total. The molecule has 0 aliphatic carbocycles. The summed E-state index contributed by atoms with van der Waals surface area (Å²) >= 11 is 0.